The van der Waals surface area contributed by atoms with Crippen molar-refractivity contribution < 1.29 is 13.2 Å². The highest BCUT2D eigenvalue weighted by Gasteiger charge is 2.27. The Labute approximate surface area is 209 Å². The Morgan fingerprint density at radius 2 is 1.67 bits per heavy atom. The van der Waals surface area contributed by atoms with Gasteiger partial charge in [-0.15, -0.1) is 11.8 Å². The van der Waals surface area contributed by atoms with Gasteiger partial charge in [0.2, 0.25) is 15.9 Å². The van der Waals surface area contributed by atoms with Crippen LogP contribution >= 0.6 is 35.0 Å². The van der Waals surface area contributed by atoms with Gasteiger partial charge in [0.05, 0.1) is 17.5 Å². The van der Waals surface area contributed by atoms with Gasteiger partial charge < -0.3 is 5.32 Å². The van der Waals surface area contributed by atoms with Gasteiger partial charge in [0.1, 0.15) is 0 Å². The molecule has 0 unspecified atom stereocenters. The van der Waals surface area contributed by atoms with E-state index in [9.17, 15) is 13.2 Å². The average Bonchev–Trinajstić information content (AvgIpc) is 2.79. The summed E-state index contributed by atoms with van der Waals surface area (Å²) in [6, 6.07) is 20.4. The summed E-state index contributed by atoms with van der Waals surface area (Å²) in [6.45, 7) is 1.52. The number of rotatable bonds is 9. The number of nitrogens with zero attached hydrogens (tertiary/aromatic N) is 1. The van der Waals surface area contributed by atoms with Crippen LogP contribution in [0.1, 0.15) is 24.1 Å². The van der Waals surface area contributed by atoms with Crippen LogP contribution in [-0.2, 0) is 21.4 Å². The number of carbonyl (C=O) groups is 1. The van der Waals surface area contributed by atoms with Gasteiger partial charge in [-0.2, -0.15) is 4.31 Å². The third-order valence-electron chi connectivity index (χ3n) is 5.01. The SMILES string of the molecule is CSc1ccc([C@@H](C)NC(=O)CN(Cc2cccc(Cl)c2)S(=O)(=O)c2ccc(Cl)cc2)cc1. The van der Waals surface area contributed by atoms with Crippen molar-refractivity contribution in [1.82, 2.24) is 9.62 Å². The Hall–Kier alpha value is -2.03. The van der Waals surface area contributed by atoms with Crippen LogP contribution < -0.4 is 5.32 Å². The monoisotopic (exact) mass is 522 g/mol. The molecular weight excluding hydrogens is 499 g/mol. The lowest BCUT2D eigenvalue weighted by Gasteiger charge is -2.23. The lowest BCUT2D eigenvalue weighted by molar-refractivity contribution is -0.122. The van der Waals surface area contributed by atoms with Crippen molar-refractivity contribution in [2.45, 2.75) is 29.3 Å². The van der Waals surface area contributed by atoms with Gasteiger partial charge in [0.25, 0.3) is 0 Å². The summed E-state index contributed by atoms with van der Waals surface area (Å²) >= 11 is 13.6. The molecule has 174 valence electrons. The zero-order chi connectivity index (χ0) is 24.0. The molecule has 3 aromatic rings. The molecule has 0 aliphatic carbocycles. The first-order chi connectivity index (χ1) is 15.7. The van der Waals surface area contributed by atoms with Crippen molar-refractivity contribution in [3.05, 3.63) is 94.0 Å². The van der Waals surface area contributed by atoms with Crippen LogP contribution in [0.3, 0.4) is 0 Å². The van der Waals surface area contributed by atoms with Gasteiger partial charge >= 0.3 is 0 Å². The van der Waals surface area contributed by atoms with Crippen molar-refractivity contribution in [2.75, 3.05) is 12.8 Å². The van der Waals surface area contributed by atoms with Crippen molar-refractivity contribution in [3.63, 3.8) is 0 Å². The van der Waals surface area contributed by atoms with E-state index in [1.54, 1.807) is 36.0 Å². The molecule has 1 amide bonds. The number of thioether (sulfide) groups is 1. The smallest absolute Gasteiger partial charge is 0.243 e. The van der Waals surface area contributed by atoms with E-state index in [0.717, 1.165) is 14.8 Å². The highest BCUT2D eigenvalue weighted by molar-refractivity contribution is 7.98. The number of carbonyl (C=O) groups excluding carboxylic acids is 1. The molecule has 3 aromatic carbocycles. The number of amides is 1. The molecule has 9 heteroatoms. The molecule has 0 spiro atoms. The van der Waals surface area contributed by atoms with Crippen LogP contribution in [0.15, 0.2) is 82.6 Å². The molecule has 0 aromatic heterocycles. The van der Waals surface area contributed by atoms with Crippen LogP contribution in [-0.4, -0.2) is 31.4 Å². The number of halogens is 2. The van der Waals surface area contributed by atoms with Crippen LogP contribution in [0.2, 0.25) is 10.0 Å². The van der Waals surface area contributed by atoms with E-state index in [-0.39, 0.29) is 24.0 Å². The van der Waals surface area contributed by atoms with Crippen molar-refractivity contribution in [3.8, 4) is 0 Å². The van der Waals surface area contributed by atoms with E-state index < -0.39 is 15.9 Å². The first-order valence-corrected chi connectivity index (χ1v) is 13.5. The van der Waals surface area contributed by atoms with Gasteiger partial charge in [-0.3, -0.25) is 4.79 Å². The van der Waals surface area contributed by atoms with E-state index in [4.69, 9.17) is 23.2 Å². The molecule has 5 nitrogen and oxygen atoms in total. The molecule has 0 bridgehead atoms. The highest BCUT2D eigenvalue weighted by Crippen LogP contribution is 2.22. The fourth-order valence-corrected chi connectivity index (χ4v) is 5.38. The van der Waals surface area contributed by atoms with Crippen molar-refractivity contribution in [1.29, 1.82) is 0 Å². The molecule has 3 rings (SSSR count). The average molecular weight is 524 g/mol. The van der Waals surface area contributed by atoms with Gasteiger partial charge in [-0.25, -0.2) is 8.42 Å². The quantitative estimate of drug-likeness (QED) is 0.361. The van der Waals surface area contributed by atoms with Gasteiger partial charge in [-0.1, -0.05) is 47.5 Å². The number of benzene rings is 3. The van der Waals surface area contributed by atoms with Crippen molar-refractivity contribution >= 4 is 50.9 Å². The Balaban J connectivity index is 1.82. The molecule has 1 N–H and O–H groups in total. The zero-order valence-electron chi connectivity index (χ0n) is 18.2. The molecule has 1 atom stereocenters. The van der Waals surface area contributed by atoms with E-state index in [1.807, 2.05) is 37.4 Å². The number of sulfonamides is 1. The van der Waals surface area contributed by atoms with Gasteiger partial charge in [-0.05, 0) is 72.8 Å². The first kappa shape index (κ1) is 25.6. The third kappa shape index (κ3) is 6.98. The lowest BCUT2D eigenvalue weighted by Crippen LogP contribution is -2.41. The Bertz CT molecular complexity index is 1200. The molecular formula is C24H24Cl2N2O3S2. The molecule has 0 aliphatic rings. The number of nitrogens with one attached hydrogen (secondary N) is 1. The normalized spacial score (nSPS) is 12.5. The summed E-state index contributed by atoms with van der Waals surface area (Å²) in [6.07, 6.45) is 2.00. The second-order valence-electron chi connectivity index (χ2n) is 7.42. The summed E-state index contributed by atoms with van der Waals surface area (Å²) in [7, 11) is -3.97. The predicted octanol–water partition coefficient (Wildman–Crippen LogP) is 5.78. The van der Waals surface area contributed by atoms with Crippen LogP contribution in [0.4, 0.5) is 0 Å². The fraction of sp³-hybridized carbons (Fsp3) is 0.208. The van der Waals surface area contributed by atoms with E-state index in [2.05, 4.69) is 5.32 Å². The molecule has 0 saturated heterocycles. The van der Waals surface area contributed by atoms with Crippen LogP contribution in [0, 0.1) is 0 Å². The second kappa shape index (κ2) is 11.4. The molecule has 0 radical (unpaired) electrons. The Morgan fingerprint density at radius 1 is 1.00 bits per heavy atom. The van der Waals surface area contributed by atoms with E-state index >= 15 is 0 Å². The summed E-state index contributed by atoms with van der Waals surface area (Å²) < 4.78 is 27.9. The molecule has 0 saturated carbocycles. The summed E-state index contributed by atoms with van der Waals surface area (Å²) in [4.78, 5) is 14.1. The number of hydrogen-bond donors (Lipinski definition) is 1. The Kier molecular flexibility index (Phi) is 8.84. The van der Waals surface area contributed by atoms with Crippen LogP contribution in [0.5, 0.6) is 0 Å². The maximum atomic E-state index is 13.4. The first-order valence-electron chi connectivity index (χ1n) is 10.1. The minimum absolute atomic E-state index is 0.00423. The fourth-order valence-electron chi connectivity index (χ4n) is 3.24. The highest BCUT2D eigenvalue weighted by atomic mass is 35.5. The zero-order valence-corrected chi connectivity index (χ0v) is 21.3. The topological polar surface area (TPSA) is 66.5 Å². The van der Waals surface area contributed by atoms with Crippen LogP contribution in [0.25, 0.3) is 0 Å². The maximum Gasteiger partial charge on any atom is 0.243 e. The molecule has 0 fully saturated rings. The van der Waals surface area contributed by atoms with Gasteiger partial charge in [0, 0.05) is 21.5 Å². The second-order valence-corrected chi connectivity index (χ2v) is 11.1. The predicted molar refractivity (Wildman–Crippen MR) is 135 cm³/mol. The molecule has 33 heavy (non-hydrogen) atoms. The summed E-state index contributed by atoms with van der Waals surface area (Å²) in [5.41, 5.74) is 1.61. The summed E-state index contributed by atoms with van der Waals surface area (Å²) in [5, 5.41) is 3.81. The minimum atomic E-state index is -3.97. The van der Waals surface area contributed by atoms with Crippen molar-refractivity contribution in [2.24, 2.45) is 0 Å². The number of hydrogen-bond acceptors (Lipinski definition) is 4. The summed E-state index contributed by atoms with van der Waals surface area (Å²) in [5.74, 6) is -0.406. The Morgan fingerprint density at radius 3 is 2.27 bits per heavy atom. The van der Waals surface area contributed by atoms with Gasteiger partial charge in [0.15, 0.2) is 0 Å². The van der Waals surface area contributed by atoms with E-state index in [0.29, 0.717) is 15.6 Å². The molecule has 0 aliphatic heterocycles. The third-order valence-corrected chi connectivity index (χ3v) is 8.05. The standard InChI is InChI=1S/C24H24Cl2N2O3S2/c1-17(19-6-10-22(32-2)11-7-19)27-24(29)16-28(15-18-4-3-5-21(26)14-18)33(30,31)23-12-8-20(25)9-13-23/h3-14,17H,15-16H2,1-2H3,(H,27,29)/t17-/m1/s1. The lowest BCUT2D eigenvalue weighted by atomic mass is 10.1. The van der Waals surface area contributed by atoms with E-state index in [1.165, 1.54) is 24.3 Å². The minimum Gasteiger partial charge on any atom is -0.348 e. The largest absolute Gasteiger partial charge is 0.348 e. The maximum absolute atomic E-state index is 13.4. The molecule has 0 heterocycles.